The van der Waals surface area contributed by atoms with E-state index in [1.54, 1.807) is 0 Å². The molecule has 1 aromatic carbocycles. The van der Waals surface area contributed by atoms with Gasteiger partial charge >= 0.3 is 0 Å². The van der Waals surface area contributed by atoms with Crippen molar-refractivity contribution in [2.24, 2.45) is 0 Å². The van der Waals surface area contributed by atoms with Gasteiger partial charge in [-0.3, -0.25) is 4.79 Å². The van der Waals surface area contributed by atoms with Gasteiger partial charge in [0.2, 0.25) is 5.91 Å². The zero-order valence-electron chi connectivity index (χ0n) is 11.1. The van der Waals surface area contributed by atoms with Crippen LogP contribution in [0, 0.1) is 6.92 Å². The minimum absolute atomic E-state index is 0. The van der Waals surface area contributed by atoms with E-state index < -0.39 is 0 Å². The molecule has 5 heteroatoms. The van der Waals surface area contributed by atoms with Crippen molar-refractivity contribution in [2.45, 2.75) is 25.9 Å². The summed E-state index contributed by atoms with van der Waals surface area (Å²) < 4.78 is 5.47. The van der Waals surface area contributed by atoms with Crippen molar-refractivity contribution in [3.05, 3.63) is 29.8 Å². The van der Waals surface area contributed by atoms with Crippen LogP contribution in [0.5, 0.6) is 0 Å². The smallest absolute Gasteiger partial charge is 0.238 e. The molecule has 0 aliphatic carbocycles. The Morgan fingerprint density at radius 3 is 3.00 bits per heavy atom. The molecule has 1 aromatic rings. The van der Waals surface area contributed by atoms with Gasteiger partial charge in [0, 0.05) is 18.8 Å². The van der Waals surface area contributed by atoms with Crippen LogP contribution in [-0.2, 0) is 9.53 Å². The Bertz CT molecular complexity index is 406. The van der Waals surface area contributed by atoms with Crippen LogP contribution in [0.1, 0.15) is 18.4 Å². The van der Waals surface area contributed by atoms with E-state index in [-0.39, 0.29) is 24.4 Å². The van der Waals surface area contributed by atoms with E-state index in [1.807, 2.05) is 31.2 Å². The van der Waals surface area contributed by atoms with Gasteiger partial charge < -0.3 is 15.4 Å². The number of ether oxygens (including phenoxy) is 1. The Balaban J connectivity index is 0.00000180. The predicted molar refractivity (Wildman–Crippen MR) is 78.9 cm³/mol. The molecule has 19 heavy (non-hydrogen) atoms. The summed E-state index contributed by atoms with van der Waals surface area (Å²) in [7, 11) is 0. The molecule has 0 bridgehead atoms. The van der Waals surface area contributed by atoms with Crippen molar-refractivity contribution in [3.8, 4) is 0 Å². The number of rotatable bonds is 5. The number of nitrogens with one attached hydrogen (secondary N) is 2. The average molecular weight is 285 g/mol. The number of halogens is 1. The average Bonchev–Trinajstić information content (AvgIpc) is 2.82. The maximum atomic E-state index is 11.7. The van der Waals surface area contributed by atoms with Crippen molar-refractivity contribution in [1.29, 1.82) is 0 Å². The predicted octanol–water partition coefficient (Wildman–Crippen LogP) is 2.12. The van der Waals surface area contributed by atoms with Crippen LogP contribution in [0.2, 0.25) is 0 Å². The molecular weight excluding hydrogens is 264 g/mol. The number of amides is 1. The van der Waals surface area contributed by atoms with Crippen LogP contribution in [0.4, 0.5) is 5.69 Å². The first-order chi connectivity index (χ1) is 8.74. The van der Waals surface area contributed by atoms with Crippen LogP contribution >= 0.6 is 12.4 Å². The highest BCUT2D eigenvalue weighted by molar-refractivity contribution is 5.92. The Morgan fingerprint density at radius 2 is 2.32 bits per heavy atom. The number of benzene rings is 1. The lowest BCUT2D eigenvalue weighted by molar-refractivity contribution is -0.115. The maximum absolute atomic E-state index is 11.7. The highest BCUT2D eigenvalue weighted by atomic mass is 35.5. The van der Waals surface area contributed by atoms with Gasteiger partial charge in [-0.15, -0.1) is 12.4 Å². The summed E-state index contributed by atoms with van der Waals surface area (Å²) in [5, 5.41) is 5.99. The van der Waals surface area contributed by atoms with Gasteiger partial charge in [-0.05, 0) is 37.5 Å². The SMILES string of the molecule is Cc1cccc(NC(=O)CNCC2CCCO2)c1.Cl. The Hall–Kier alpha value is -1.10. The molecule has 1 amide bonds. The van der Waals surface area contributed by atoms with E-state index in [4.69, 9.17) is 4.74 Å². The van der Waals surface area contributed by atoms with Gasteiger partial charge in [0.1, 0.15) is 0 Å². The van der Waals surface area contributed by atoms with Gasteiger partial charge in [-0.25, -0.2) is 0 Å². The van der Waals surface area contributed by atoms with Crippen molar-refractivity contribution in [3.63, 3.8) is 0 Å². The second-order valence-electron chi connectivity index (χ2n) is 4.68. The lowest BCUT2D eigenvalue weighted by Gasteiger charge is -2.11. The highest BCUT2D eigenvalue weighted by Gasteiger charge is 2.14. The fraction of sp³-hybridized carbons (Fsp3) is 0.500. The molecule has 1 saturated heterocycles. The fourth-order valence-electron chi connectivity index (χ4n) is 2.08. The third kappa shape index (κ3) is 5.59. The van der Waals surface area contributed by atoms with Crippen molar-refractivity contribution < 1.29 is 9.53 Å². The monoisotopic (exact) mass is 284 g/mol. The topological polar surface area (TPSA) is 50.4 Å². The minimum Gasteiger partial charge on any atom is -0.377 e. The number of hydrogen-bond donors (Lipinski definition) is 2. The third-order valence-electron chi connectivity index (χ3n) is 2.98. The zero-order valence-corrected chi connectivity index (χ0v) is 12.0. The van der Waals surface area contributed by atoms with Gasteiger partial charge in [0.25, 0.3) is 0 Å². The summed E-state index contributed by atoms with van der Waals surface area (Å²) in [6.07, 6.45) is 2.49. The molecule has 0 radical (unpaired) electrons. The van der Waals surface area contributed by atoms with Gasteiger partial charge in [-0.2, -0.15) is 0 Å². The van der Waals surface area contributed by atoms with Gasteiger partial charge in [0.15, 0.2) is 0 Å². The summed E-state index contributed by atoms with van der Waals surface area (Å²) in [6.45, 7) is 3.93. The first-order valence-corrected chi connectivity index (χ1v) is 6.43. The molecule has 1 fully saturated rings. The Labute approximate surface area is 120 Å². The van der Waals surface area contributed by atoms with Crippen LogP contribution in [0.25, 0.3) is 0 Å². The summed E-state index contributed by atoms with van der Waals surface area (Å²) in [5.74, 6) is -0.0152. The van der Waals surface area contributed by atoms with E-state index in [2.05, 4.69) is 10.6 Å². The van der Waals surface area contributed by atoms with E-state index in [0.717, 1.165) is 37.2 Å². The minimum atomic E-state index is -0.0152. The van der Waals surface area contributed by atoms with Crippen LogP contribution in [0.3, 0.4) is 0 Å². The lowest BCUT2D eigenvalue weighted by Crippen LogP contribution is -2.33. The Kier molecular flexibility index (Phi) is 6.84. The van der Waals surface area contributed by atoms with Crippen molar-refractivity contribution >= 4 is 24.0 Å². The molecule has 4 nitrogen and oxygen atoms in total. The maximum Gasteiger partial charge on any atom is 0.238 e. The molecule has 2 rings (SSSR count). The normalized spacial score (nSPS) is 17.8. The largest absolute Gasteiger partial charge is 0.377 e. The number of anilines is 1. The molecule has 0 saturated carbocycles. The van der Waals surface area contributed by atoms with Crippen molar-refractivity contribution in [1.82, 2.24) is 5.32 Å². The molecule has 1 heterocycles. The summed E-state index contributed by atoms with van der Waals surface area (Å²) >= 11 is 0. The lowest BCUT2D eigenvalue weighted by atomic mass is 10.2. The quantitative estimate of drug-likeness (QED) is 0.871. The van der Waals surface area contributed by atoms with E-state index in [9.17, 15) is 4.79 Å². The molecule has 2 N–H and O–H groups in total. The molecule has 0 spiro atoms. The molecule has 1 aliphatic heterocycles. The Morgan fingerprint density at radius 1 is 1.47 bits per heavy atom. The number of carbonyl (C=O) groups excluding carboxylic acids is 1. The number of aryl methyl sites for hydroxylation is 1. The summed E-state index contributed by atoms with van der Waals surface area (Å²) in [4.78, 5) is 11.7. The molecule has 1 atom stereocenters. The standard InChI is InChI=1S/C14H20N2O2.ClH/c1-11-4-2-5-12(8-11)16-14(17)10-15-9-13-6-3-7-18-13;/h2,4-5,8,13,15H,3,6-7,9-10H2,1H3,(H,16,17);1H. The summed E-state index contributed by atoms with van der Waals surface area (Å²) in [6, 6.07) is 7.79. The van der Waals surface area contributed by atoms with E-state index >= 15 is 0 Å². The molecule has 0 aromatic heterocycles. The third-order valence-corrected chi connectivity index (χ3v) is 2.98. The molecule has 1 unspecified atom stereocenters. The van der Waals surface area contributed by atoms with Crippen LogP contribution in [0.15, 0.2) is 24.3 Å². The number of carbonyl (C=O) groups is 1. The first kappa shape index (κ1) is 16.0. The summed E-state index contributed by atoms with van der Waals surface area (Å²) in [5.41, 5.74) is 1.99. The van der Waals surface area contributed by atoms with Gasteiger partial charge in [-0.1, -0.05) is 12.1 Å². The number of hydrogen-bond acceptors (Lipinski definition) is 3. The second kappa shape index (κ2) is 8.15. The molecular formula is C14H21ClN2O2. The first-order valence-electron chi connectivity index (χ1n) is 6.43. The fourth-order valence-corrected chi connectivity index (χ4v) is 2.08. The van der Waals surface area contributed by atoms with E-state index in [0.29, 0.717) is 6.54 Å². The van der Waals surface area contributed by atoms with Crippen LogP contribution in [-0.4, -0.2) is 31.7 Å². The van der Waals surface area contributed by atoms with E-state index in [1.165, 1.54) is 0 Å². The van der Waals surface area contributed by atoms with Gasteiger partial charge in [0.05, 0.1) is 12.6 Å². The zero-order chi connectivity index (χ0) is 12.8. The highest BCUT2D eigenvalue weighted by Crippen LogP contribution is 2.11. The molecule has 1 aliphatic rings. The second-order valence-corrected chi connectivity index (χ2v) is 4.68. The molecule has 106 valence electrons. The van der Waals surface area contributed by atoms with Crippen LogP contribution < -0.4 is 10.6 Å². The van der Waals surface area contributed by atoms with Crippen molar-refractivity contribution in [2.75, 3.05) is 25.0 Å².